The van der Waals surface area contributed by atoms with Crippen molar-refractivity contribution in [3.8, 4) is 0 Å². The number of amides is 1. The largest absolute Gasteiger partial charge is 0.353 e. The van der Waals surface area contributed by atoms with E-state index < -0.39 is 0 Å². The fourth-order valence-electron chi connectivity index (χ4n) is 0.910. The number of nitrogens with one attached hydrogen (secondary N) is 1. The van der Waals surface area contributed by atoms with Gasteiger partial charge in [-0.2, -0.15) is 0 Å². The van der Waals surface area contributed by atoms with E-state index in [1.807, 2.05) is 13.8 Å². The van der Waals surface area contributed by atoms with Crippen molar-refractivity contribution in [2.75, 3.05) is 0 Å². The van der Waals surface area contributed by atoms with Gasteiger partial charge in [0.25, 0.3) is 0 Å². The van der Waals surface area contributed by atoms with E-state index in [4.69, 9.17) is 0 Å². The van der Waals surface area contributed by atoms with Crippen LogP contribution >= 0.6 is 0 Å². The van der Waals surface area contributed by atoms with E-state index in [1.165, 1.54) is 0 Å². The van der Waals surface area contributed by atoms with Crippen molar-refractivity contribution in [3.05, 3.63) is 0 Å². The van der Waals surface area contributed by atoms with Crippen molar-refractivity contribution in [2.24, 2.45) is 5.92 Å². The summed E-state index contributed by atoms with van der Waals surface area (Å²) in [6.45, 7) is 5.78. The van der Waals surface area contributed by atoms with Gasteiger partial charge in [0, 0.05) is 18.9 Å². The summed E-state index contributed by atoms with van der Waals surface area (Å²) in [5.74, 6) is 0.321. The summed E-state index contributed by atoms with van der Waals surface area (Å²) < 4.78 is 0. The van der Waals surface area contributed by atoms with Gasteiger partial charge in [0.15, 0.2) is 0 Å². The van der Waals surface area contributed by atoms with Gasteiger partial charge < -0.3 is 10.1 Å². The molecule has 0 heterocycles. The van der Waals surface area contributed by atoms with Crippen molar-refractivity contribution in [1.29, 1.82) is 0 Å². The van der Waals surface area contributed by atoms with Gasteiger partial charge in [-0.25, -0.2) is 0 Å². The minimum atomic E-state index is -0.00468. The van der Waals surface area contributed by atoms with Crippen LogP contribution in [0.2, 0.25) is 0 Å². The van der Waals surface area contributed by atoms with Crippen LogP contribution in [0.1, 0.15) is 33.6 Å². The average molecular weight is 171 g/mol. The highest BCUT2D eigenvalue weighted by atomic mass is 16.1. The third kappa shape index (κ3) is 4.11. The lowest BCUT2D eigenvalue weighted by Crippen LogP contribution is -2.38. The first-order chi connectivity index (χ1) is 5.61. The summed E-state index contributed by atoms with van der Waals surface area (Å²) in [5, 5.41) is 2.80. The van der Waals surface area contributed by atoms with Gasteiger partial charge in [-0.15, -0.1) is 0 Å². The van der Waals surface area contributed by atoms with Crippen LogP contribution in [0.5, 0.6) is 0 Å². The molecule has 1 N–H and O–H groups in total. The Hall–Kier alpha value is -0.860. The minimum absolute atomic E-state index is 0.00468. The molecule has 0 aliphatic carbocycles. The third-order valence-electron chi connectivity index (χ3n) is 1.82. The second-order valence-corrected chi connectivity index (χ2v) is 3.17. The van der Waals surface area contributed by atoms with E-state index in [2.05, 4.69) is 5.32 Å². The lowest BCUT2D eigenvalue weighted by Gasteiger charge is -2.19. The topological polar surface area (TPSA) is 46.2 Å². The Bertz CT molecular complexity index is 155. The molecule has 0 aromatic heterocycles. The molecule has 0 saturated carbocycles. The lowest BCUT2D eigenvalue weighted by atomic mass is 10.0. The molecule has 0 bridgehead atoms. The Balaban J connectivity index is 3.94. The summed E-state index contributed by atoms with van der Waals surface area (Å²) in [7, 11) is 0. The summed E-state index contributed by atoms with van der Waals surface area (Å²) in [6.07, 6.45) is 1.73. The predicted molar refractivity (Wildman–Crippen MR) is 47.7 cm³/mol. The molecule has 0 aliphatic rings. The smallest absolute Gasteiger partial charge is 0.219 e. The minimum Gasteiger partial charge on any atom is -0.353 e. The Morgan fingerprint density at radius 1 is 1.50 bits per heavy atom. The second-order valence-electron chi connectivity index (χ2n) is 3.17. The first kappa shape index (κ1) is 11.1. The van der Waals surface area contributed by atoms with Gasteiger partial charge >= 0.3 is 0 Å². The number of carbonyl (C=O) groups is 2. The maximum atomic E-state index is 11.0. The molecule has 0 aromatic rings. The zero-order valence-corrected chi connectivity index (χ0v) is 7.96. The molecule has 3 heteroatoms. The number of rotatable bonds is 5. The van der Waals surface area contributed by atoms with Gasteiger partial charge in [-0.1, -0.05) is 20.8 Å². The number of hydrogen-bond acceptors (Lipinski definition) is 2. The molecule has 0 rings (SSSR count). The second kappa shape index (κ2) is 5.75. The van der Waals surface area contributed by atoms with Gasteiger partial charge in [-0.05, 0) is 5.92 Å². The van der Waals surface area contributed by atoms with Gasteiger partial charge in [-0.3, -0.25) is 4.79 Å². The van der Waals surface area contributed by atoms with Crippen LogP contribution in [0.3, 0.4) is 0 Å². The molecule has 1 amide bonds. The summed E-state index contributed by atoms with van der Waals surface area (Å²) in [4.78, 5) is 21.2. The summed E-state index contributed by atoms with van der Waals surface area (Å²) in [6, 6.07) is -0.00468. The zero-order valence-electron chi connectivity index (χ0n) is 7.96. The molecule has 3 nitrogen and oxygen atoms in total. The van der Waals surface area contributed by atoms with Crippen LogP contribution in [0.4, 0.5) is 0 Å². The maximum Gasteiger partial charge on any atom is 0.219 e. The summed E-state index contributed by atoms with van der Waals surface area (Å²) in [5.41, 5.74) is 0. The number of carbonyl (C=O) groups excluding carboxylic acids is 2. The molecule has 0 aliphatic heterocycles. The highest BCUT2D eigenvalue weighted by Gasteiger charge is 2.13. The van der Waals surface area contributed by atoms with Crippen LogP contribution in [0.25, 0.3) is 0 Å². The van der Waals surface area contributed by atoms with Gasteiger partial charge in [0.05, 0.1) is 0 Å². The monoisotopic (exact) mass is 171 g/mol. The Labute approximate surface area is 73.5 Å². The molecule has 1 atom stereocenters. The molecule has 0 radical (unpaired) electrons. The van der Waals surface area contributed by atoms with Crippen molar-refractivity contribution in [3.63, 3.8) is 0 Å². The van der Waals surface area contributed by atoms with Gasteiger partial charge in [0.2, 0.25) is 5.91 Å². The van der Waals surface area contributed by atoms with E-state index in [-0.39, 0.29) is 11.9 Å². The molecule has 0 aromatic carbocycles. The molecule has 12 heavy (non-hydrogen) atoms. The average Bonchev–Trinajstić information content (AvgIpc) is 2.03. The highest BCUT2D eigenvalue weighted by Crippen LogP contribution is 2.04. The highest BCUT2D eigenvalue weighted by molar-refractivity contribution is 5.76. The van der Waals surface area contributed by atoms with Crippen LogP contribution < -0.4 is 5.32 Å². The molecular formula is C9H17NO2. The number of aldehydes is 1. The SMILES string of the molecule is CCC(=O)NC(CC=O)C(C)C. The molecule has 70 valence electrons. The molecule has 0 spiro atoms. The molecule has 0 saturated heterocycles. The van der Waals surface area contributed by atoms with Crippen LogP contribution in [0, 0.1) is 5.92 Å². The number of hydrogen-bond donors (Lipinski definition) is 1. The molecular weight excluding hydrogens is 154 g/mol. The fraction of sp³-hybridized carbons (Fsp3) is 0.778. The van der Waals surface area contributed by atoms with Crippen LogP contribution in [-0.4, -0.2) is 18.2 Å². The standard InChI is InChI=1S/C9H17NO2/c1-4-9(12)10-8(5-6-11)7(2)3/h6-8H,4-5H2,1-3H3,(H,10,12). The van der Waals surface area contributed by atoms with E-state index in [0.717, 1.165) is 6.29 Å². The van der Waals surface area contributed by atoms with Crippen molar-refractivity contribution in [1.82, 2.24) is 5.32 Å². The molecule has 1 unspecified atom stereocenters. The van der Waals surface area contributed by atoms with Crippen LogP contribution in [-0.2, 0) is 9.59 Å². The van der Waals surface area contributed by atoms with Crippen molar-refractivity contribution >= 4 is 12.2 Å². The van der Waals surface area contributed by atoms with Crippen molar-refractivity contribution in [2.45, 2.75) is 39.7 Å². The van der Waals surface area contributed by atoms with E-state index >= 15 is 0 Å². The lowest BCUT2D eigenvalue weighted by molar-refractivity contribution is -0.122. The summed E-state index contributed by atoms with van der Waals surface area (Å²) >= 11 is 0. The van der Waals surface area contributed by atoms with Gasteiger partial charge in [0.1, 0.15) is 6.29 Å². The zero-order chi connectivity index (χ0) is 9.56. The Kier molecular flexibility index (Phi) is 5.34. The van der Waals surface area contributed by atoms with Crippen LogP contribution in [0.15, 0.2) is 0 Å². The molecule has 0 fully saturated rings. The fourth-order valence-corrected chi connectivity index (χ4v) is 0.910. The predicted octanol–water partition coefficient (Wildman–Crippen LogP) is 1.13. The normalized spacial score (nSPS) is 12.7. The van der Waals surface area contributed by atoms with E-state index in [1.54, 1.807) is 6.92 Å². The maximum absolute atomic E-state index is 11.0. The first-order valence-electron chi connectivity index (χ1n) is 4.34. The Morgan fingerprint density at radius 2 is 2.08 bits per heavy atom. The Morgan fingerprint density at radius 3 is 2.42 bits per heavy atom. The van der Waals surface area contributed by atoms with E-state index in [9.17, 15) is 9.59 Å². The van der Waals surface area contributed by atoms with Crippen molar-refractivity contribution < 1.29 is 9.59 Å². The first-order valence-corrected chi connectivity index (χ1v) is 4.34. The van der Waals surface area contributed by atoms with E-state index in [0.29, 0.717) is 18.8 Å². The third-order valence-corrected chi connectivity index (χ3v) is 1.82. The quantitative estimate of drug-likeness (QED) is 0.630.